The molecule has 1 aliphatic heterocycles. The molecule has 1 heterocycles. The molecule has 8 heteroatoms. The number of hydrogen-bond acceptors (Lipinski definition) is 4. The van der Waals surface area contributed by atoms with Crippen LogP contribution in [0, 0.1) is 12.8 Å². The third-order valence-corrected chi connectivity index (χ3v) is 6.43. The second-order valence-electron chi connectivity index (χ2n) is 8.12. The maximum absolute atomic E-state index is 13.1. The first-order valence-corrected chi connectivity index (χ1v) is 11.1. The Morgan fingerprint density at radius 1 is 1.10 bits per heavy atom. The minimum atomic E-state index is -0.921. The van der Waals surface area contributed by atoms with Gasteiger partial charge in [0.1, 0.15) is 11.6 Å². The number of halogens is 2. The van der Waals surface area contributed by atoms with E-state index in [0.29, 0.717) is 15.7 Å². The molecule has 3 N–H and O–H groups in total. The zero-order chi connectivity index (χ0) is 22.1. The molecular weight excluding hydrogens is 435 g/mol. The van der Waals surface area contributed by atoms with Gasteiger partial charge in [-0.05, 0) is 43.5 Å². The van der Waals surface area contributed by atoms with Gasteiger partial charge in [0.25, 0.3) is 5.91 Å². The fourth-order valence-corrected chi connectivity index (χ4v) is 4.80. The van der Waals surface area contributed by atoms with Crippen LogP contribution in [0.2, 0.25) is 10.0 Å². The molecule has 0 saturated heterocycles. The van der Waals surface area contributed by atoms with E-state index in [0.717, 1.165) is 36.8 Å². The van der Waals surface area contributed by atoms with Gasteiger partial charge in [0.05, 0.1) is 16.8 Å². The van der Waals surface area contributed by atoms with Crippen LogP contribution in [0.3, 0.4) is 0 Å². The molecular formula is C23H24Cl2N4O2. The number of hydrazone groups is 1. The Morgan fingerprint density at radius 3 is 2.39 bits per heavy atom. The molecule has 31 heavy (non-hydrogen) atoms. The van der Waals surface area contributed by atoms with Crippen molar-refractivity contribution in [3.63, 3.8) is 0 Å². The van der Waals surface area contributed by atoms with E-state index in [4.69, 9.17) is 28.9 Å². The number of anilines is 1. The maximum Gasteiger partial charge on any atom is 0.268 e. The van der Waals surface area contributed by atoms with Crippen molar-refractivity contribution in [1.29, 1.82) is 0 Å². The summed E-state index contributed by atoms with van der Waals surface area (Å²) >= 11 is 12.5. The fraction of sp³-hybridized carbons (Fsp3) is 0.348. The highest BCUT2D eigenvalue weighted by Crippen LogP contribution is 2.42. The Kier molecular flexibility index (Phi) is 6.21. The van der Waals surface area contributed by atoms with Gasteiger partial charge in [0.15, 0.2) is 0 Å². The Bertz CT molecular complexity index is 1030. The number of hydrogen-bond donors (Lipinski definition) is 2. The number of nitrogens with two attached hydrogens (primary N) is 1. The Hall–Kier alpha value is -2.57. The first-order chi connectivity index (χ1) is 14.8. The summed E-state index contributed by atoms with van der Waals surface area (Å²) in [6.07, 6.45) is 4.01. The van der Waals surface area contributed by atoms with Crippen molar-refractivity contribution in [2.45, 2.75) is 44.7 Å². The van der Waals surface area contributed by atoms with Crippen molar-refractivity contribution in [3.05, 3.63) is 63.6 Å². The number of carbonyl (C=O) groups is 2. The first kappa shape index (κ1) is 21.7. The lowest BCUT2D eigenvalue weighted by Gasteiger charge is -2.28. The molecule has 162 valence electrons. The minimum absolute atomic E-state index is 0.0923. The molecule has 1 fully saturated rings. The summed E-state index contributed by atoms with van der Waals surface area (Å²) in [6.45, 7) is 1.98. The van der Waals surface area contributed by atoms with Crippen LogP contribution in [0.5, 0.6) is 0 Å². The monoisotopic (exact) mass is 458 g/mol. The summed E-state index contributed by atoms with van der Waals surface area (Å²) in [6, 6.07) is 12.3. The molecule has 2 atom stereocenters. The molecule has 2 aromatic carbocycles. The van der Waals surface area contributed by atoms with Crippen LogP contribution in [-0.4, -0.2) is 23.6 Å². The van der Waals surface area contributed by atoms with Crippen LogP contribution in [0.25, 0.3) is 0 Å². The van der Waals surface area contributed by atoms with E-state index in [1.165, 1.54) is 0 Å². The molecule has 0 aromatic heterocycles. The molecule has 0 bridgehead atoms. The lowest BCUT2D eigenvalue weighted by Crippen LogP contribution is -2.44. The van der Waals surface area contributed by atoms with E-state index >= 15 is 0 Å². The SMILES string of the molecule is Cc1ccc(C2C(C(N)=O)C(C(=O)NC3CCCC3)=NN2c2ccc(Cl)cc2Cl)cc1. The predicted octanol–water partition coefficient (Wildman–Crippen LogP) is 4.38. The van der Waals surface area contributed by atoms with Gasteiger partial charge in [0, 0.05) is 11.1 Å². The lowest BCUT2D eigenvalue weighted by molar-refractivity contribution is -0.122. The first-order valence-electron chi connectivity index (χ1n) is 10.3. The summed E-state index contributed by atoms with van der Waals surface area (Å²) < 4.78 is 0. The van der Waals surface area contributed by atoms with Gasteiger partial charge in [-0.15, -0.1) is 0 Å². The van der Waals surface area contributed by atoms with Crippen LogP contribution in [-0.2, 0) is 9.59 Å². The highest BCUT2D eigenvalue weighted by molar-refractivity contribution is 6.44. The summed E-state index contributed by atoms with van der Waals surface area (Å²) in [5, 5.41) is 10.1. The average molecular weight is 459 g/mol. The number of primary amides is 1. The third-order valence-electron chi connectivity index (χ3n) is 5.89. The van der Waals surface area contributed by atoms with E-state index < -0.39 is 17.9 Å². The smallest absolute Gasteiger partial charge is 0.268 e. The lowest BCUT2D eigenvalue weighted by atomic mass is 9.88. The largest absolute Gasteiger partial charge is 0.369 e. The topological polar surface area (TPSA) is 87.8 Å². The second-order valence-corrected chi connectivity index (χ2v) is 8.96. The van der Waals surface area contributed by atoms with Crippen LogP contribution in [0.4, 0.5) is 5.69 Å². The van der Waals surface area contributed by atoms with Crippen LogP contribution < -0.4 is 16.1 Å². The Labute approximate surface area is 191 Å². The van der Waals surface area contributed by atoms with Gasteiger partial charge in [-0.1, -0.05) is 65.9 Å². The molecule has 1 saturated carbocycles. The van der Waals surface area contributed by atoms with E-state index in [-0.39, 0.29) is 17.7 Å². The average Bonchev–Trinajstić information content (AvgIpc) is 3.36. The van der Waals surface area contributed by atoms with E-state index in [1.54, 1.807) is 23.2 Å². The van der Waals surface area contributed by atoms with Gasteiger partial charge in [0.2, 0.25) is 5.91 Å². The third kappa shape index (κ3) is 4.41. The van der Waals surface area contributed by atoms with Gasteiger partial charge in [-0.3, -0.25) is 14.6 Å². The quantitative estimate of drug-likeness (QED) is 0.696. The molecule has 0 spiro atoms. The van der Waals surface area contributed by atoms with Crippen LogP contribution in [0.15, 0.2) is 47.6 Å². The zero-order valence-electron chi connectivity index (χ0n) is 17.1. The zero-order valence-corrected chi connectivity index (χ0v) is 18.7. The van der Waals surface area contributed by atoms with Crippen LogP contribution >= 0.6 is 23.2 Å². The molecule has 6 nitrogen and oxygen atoms in total. The van der Waals surface area contributed by atoms with Crippen molar-refractivity contribution in [2.75, 3.05) is 5.01 Å². The number of rotatable bonds is 5. The number of aryl methyl sites for hydroxylation is 1. The molecule has 0 radical (unpaired) electrons. The number of nitrogens with one attached hydrogen (secondary N) is 1. The molecule has 4 rings (SSSR count). The van der Waals surface area contributed by atoms with Crippen LogP contribution in [0.1, 0.15) is 42.9 Å². The fourth-order valence-electron chi connectivity index (χ4n) is 4.31. The highest BCUT2D eigenvalue weighted by atomic mass is 35.5. The van der Waals surface area contributed by atoms with E-state index in [1.807, 2.05) is 31.2 Å². The van der Waals surface area contributed by atoms with Crippen molar-refractivity contribution < 1.29 is 9.59 Å². The van der Waals surface area contributed by atoms with Gasteiger partial charge in [-0.25, -0.2) is 0 Å². The predicted molar refractivity (Wildman–Crippen MR) is 123 cm³/mol. The second kappa shape index (κ2) is 8.89. The van der Waals surface area contributed by atoms with E-state index in [2.05, 4.69) is 10.4 Å². The normalized spacial score (nSPS) is 21.3. The molecule has 2 unspecified atom stereocenters. The number of amides is 2. The molecule has 2 amide bonds. The van der Waals surface area contributed by atoms with Crippen molar-refractivity contribution in [3.8, 4) is 0 Å². The van der Waals surface area contributed by atoms with E-state index in [9.17, 15) is 9.59 Å². The van der Waals surface area contributed by atoms with Gasteiger partial charge in [-0.2, -0.15) is 5.10 Å². The molecule has 1 aliphatic carbocycles. The molecule has 2 aliphatic rings. The minimum Gasteiger partial charge on any atom is -0.369 e. The number of benzene rings is 2. The van der Waals surface area contributed by atoms with Crippen molar-refractivity contribution >= 4 is 46.4 Å². The highest BCUT2D eigenvalue weighted by Gasteiger charge is 2.46. The van der Waals surface area contributed by atoms with Gasteiger partial charge >= 0.3 is 0 Å². The summed E-state index contributed by atoms with van der Waals surface area (Å²) in [4.78, 5) is 25.7. The van der Waals surface area contributed by atoms with Crippen molar-refractivity contribution in [1.82, 2.24) is 5.32 Å². The standard InChI is InChI=1S/C23H24Cl2N4O2/c1-13-6-8-14(9-7-13)21-19(22(26)30)20(23(31)27-16-4-2-3-5-16)28-29(21)18-11-10-15(24)12-17(18)25/h6-12,16,19,21H,2-5H2,1H3,(H2,26,30)(H,27,31). The Balaban J connectivity index is 1.78. The Morgan fingerprint density at radius 2 is 1.77 bits per heavy atom. The summed E-state index contributed by atoms with van der Waals surface area (Å²) in [7, 11) is 0. The number of nitrogens with zero attached hydrogens (tertiary/aromatic N) is 2. The summed E-state index contributed by atoms with van der Waals surface area (Å²) in [5.41, 5.74) is 8.36. The maximum atomic E-state index is 13.1. The summed E-state index contributed by atoms with van der Waals surface area (Å²) in [5.74, 6) is -1.89. The van der Waals surface area contributed by atoms with Crippen molar-refractivity contribution in [2.24, 2.45) is 16.8 Å². The number of carbonyl (C=O) groups excluding carboxylic acids is 2. The molecule has 2 aromatic rings. The van der Waals surface area contributed by atoms with Gasteiger partial charge < -0.3 is 11.1 Å².